The molecule has 0 radical (unpaired) electrons. The van der Waals surface area contributed by atoms with Gasteiger partial charge in [0.25, 0.3) is 0 Å². The molecule has 0 unspecified atom stereocenters. The van der Waals surface area contributed by atoms with Gasteiger partial charge in [-0.25, -0.2) is 0 Å². The van der Waals surface area contributed by atoms with Crippen LogP contribution in [0.4, 0.5) is 0 Å². The first-order chi connectivity index (χ1) is 15.6. The minimum atomic E-state index is 0.149. The quantitative estimate of drug-likeness (QED) is 0.404. The molecule has 0 aromatic heterocycles. The van der Waals surface area contributed by atoms with Crippen molar-refractivity contribution in [3.05, 3.63) is 59.7 Å². The van der Waals surface area contributed by atoms with E-state index in [1.54, 1.807) is 14.2 Å². The Morgan fingerprint density at radius 3 is 1.72 bits per heavy atom. The second-order valence-corrected chi connectivity index (χ2v) is 23.5. The molecule has 2 N–H and O–H groups in total. The molecule has 1 heterocycles. The molecule has 8 heteroatoms. The van der Waals surface area contributed by atoms with Crippen molar-refractivity contribution in [1.29, 1.82) is 0 Å². The van der Waals surface area contributed by atoms with Crippen molar-refractivity contribution >= 4 is 37.2 Å². The number of methoxy groups -OCH3 is 2. The summed E-state index contributed by atoms with van der Waals surface area (Å²) in [6, 6.07) is 16.1. The predicted molar refractivity (Wildman–Crippen MR) is 143 cm³/mol. The molecule has 5 nitrogen and oxygen atoms in total. The van der Waals surface area contributed by atoms with Gasteiger partial charge in [0.05, 0.1) is 14.2 Å². The SMILES string of the molecule is COc1ccc(C(CCO)CCO)cc1.COc1ccc(C2CCOCC2)cc1.I[I-]I. The van der Waals surface area contributed by atoms with E-state index in [0.717, 1.165) is 43.1 Å². The van der Waals surface area contributed by atoms with Gasteiger partial charge in [-0.1, -0.05) is 24.3 Å². The Labute approximate surface area is 222 Å². The number of hydrogen-bond donors (Lipinski definition) is 2. The van der Waals surface area contributed by atoms with Crippen LogP contribution in [-0.2, 0) is 4.74 Å². The first-order valence-electron chi connectivity index (χ1n) is 10.6. The van der Waals surface area contributed by atoms with Crippen LogP contribution in [0.2, 0.25) is 0 Å². The summed E-state index contributed by atoms with van der Waals surface area (Å²) in [5.41, 5.74) is 2.55. The Morgan fingerprint density at radius 2 is 1.31 bits per heavy atom. The van der Waals surface area contributed by atoms with Gasteiger partial charge in [-0.3, -0.25) is 0 Å². The standard InChI is InChI=1S/C12H18O3.C12H16O2.I3/c1-15-12-4-2-10(3-5-12)11(6-8-13)7-9-14;1-13-12-4-2-10(3-5-12)11-6-8-14-9-7-11;1-3-2/h2-5,11,13-14H,6-9H2,1H3;2-5,11H,6-9H2,1H3;/q;;-1. The van der Waals surface area contributed by atoms with Crippen LogP contribution < -0.4 is 22.7 Å². The van der Waals surface area contributed by atoms with Crippen LogP contribution in [-0.4, -0.2) is 50.9 Å². The fourth-order valence-electron chi connectivity index (χ4n) is 3.57. The zero-order chi connectivity index (χ0) is 23.6. The zero-order valence-electron chi connectivity index (χ0n) is 18.7. The molecule has 32 heavy (non-hydrogen) atoms. The number of rotatable bonds is 8. The van der Waals surface area contributed by atoms with E-state index >= 15 is 0 Å². The van der Waals surface area contributed by atoms with Crippen LogP contribution in [0, 0.1) is 0 Å². The van der Waals surface area contributed by atoms with E-state index in [1.165, 1.54) is 5.56 Å². The zero-order valence-corrected chi connectivity index (χ0v) is 25.2. The first-order valence-corrected chi connectivity index (χ1v) is 23.1. The normalized spacial score (nSPS) is 13.6. The Bertz CT molecular complexity index is 686. The summed E-state index contributed by atoms with van der Waals surface area (Å²) in [7, 11) is 3.33. The molecule has 0 amide bonds. The van der Waals surface area contributed by atoms with Gasteiger partial charge in [-0.2, -0.15) is 0 Å². The van der Waals surface area contributed by atoms with Gasteiger partial charge in [-0.05, 0) is 72.9 Å². The number of ether oxygens (including phenoxy) is 3. The number of benzene rings is 2. The summed E-state index contributed by atoms with van der Waals surface area (Å²) in [5.74, 6) is 2.66. The van der Waals surface area contributed by atoms with Crippen LogP contribution in [0.15, 0.2) is 48.5 Å². The maximum absolute atomic E-state index is 8.92. The number of aliphatic hydroxyl groups is 2. The van der Waals surface area contributed by atoms with Crippen LogP contribution in [0.25, 0.3) is 0 Å². The molecule has 0 saturated carbocycles. The molecule has 0 bridgehead atoms. The monoisotopic (exact) mass is 783 g/mol. The van der Waals surface area contributed by atoms with Crippen molar-refractivity contribution in [3.8, 4) is 11.5 Å². The van der Waals surface area contributed by atoms with E-state index in [2.05, 4.69) is 49.4 Å². The van der Waals surface area contributed by atoms with E-state index in [0.29, 0.717) is 32.0 Å². The van der Waals surface area contributed by atoms with Crippen LogP contribution in [0.5, 0.6) is 11.5 Å². The molecule has 182 valence electrons. The second kappa shape index (κ2) is 19.4. The van der Waals surface area contributed by atoms with Gasteiger partial charge in [0.2, 0.25) is 0 Å². The summed E-state index contributed by atoms with van der Waals surface area (Å²) in [6.07, 6.45) is 3.67. The fourth-order valence-corrected chi connectivity index (χ4v) is 3.57. The Kier molecular flexibility index (Phi) is 18.3. The van der Waals surface area contributed by atoms with E-state index in [4.69, 9.17) is 24.4 Å². The van der Waals surface area contributed by atoms with E-state index in [9.17, 15) is 0 Å². The number of halogens is 3. The molecule has 2 aromatic rings. The van der Waals surface area contributed by atoms with Crippen molar-refractivity contribution in [2.45, 2.75) is 37.5 Å². The predicted octanol–water partition coefficient (Wildman–Crippen LogP) is 2.91. The average Bonchev–Trinajstić information content (AvgIpc) is 2.85. The summed E-state index contributed by atoms with van der Waals surface area (Å²) in [5, 5.41) is 17.8. The van der Waals surface area contributed by atoms with Crippen LogP contribution in [0.1, 0.15) is 48.6 Å². The van der Waals surface area contributed by atoms with Gasteiger partial charge in [0.15, 0.2) is 0 Å². The van der Waals surface area contributed by atoms with Crippen LogP contribution >= 0.6 is 37.2 Å². The van der Waals surface area contributed by atoms with E-state index in [1.807, 2.05) is 36.4 Å². The Morgan fingerprint density at radius 1 is 0.875 bits per heavy atom. The second-order valence-electron chi connectivity index (χ2n) is 7.21. The molecular weight excluding hydrogens is 749 g/mol. The molecule has 1 fully saturated rings. The topological polar surface area (TPSA) is 68.2 Å². The molecule has 1 aliphatic heterocycles. The Hall–Kier alpha value is 0.110. The maximum atomic E-state index is 8.92. The van der Waals surface area contributed by atoms with Crippen molar-refractivity contribution < 1.29 is 37.7 Å². The number of hydrogen-bond acceptors (Lipinski definition) is 5. The fraction of sp³-hybridized carbons (Fsp3) is 0.500. The van der Waals surface area contributed by atoms with Gasteiger partial charge >= 0.3 is 50.5 Å². The molecule has 1 saturated heterocycles. The molecule has 1 aliphatic rings. The Balaban J connectivity index is 0.000000286. The third-order valence-electron chi connectivity index (χ3n) is 5.35. The van der Waals surface area contributed by atoms with Gasteiger partial charge in [-0.15, -0.1) is 0 Å². The molecule has 0 aliphatic carbocycles. The molecule has 0 spiro atoms. The van der Waals surface area contributed by atoms with E-state index < -0.39 is 0 Å². The van der Waals surface area contributed by atoms with Crippen molar-refractivity contribution in [3.63, 3.8) is 0 Å². The molecule has 0 atom stereocenters. The third kappa shape index (κ3) is 12.0. The first kappa shape index (κ1) is 30.1. The number of aliphatic hydroxyl groups excluding tert-OH is 2. The van der Waals surface area contributed by atoms with Gasteiger partial charge in [0, 0.05) is 26.4 Å². The summed E-state index contributed by atoms with van der Waals surface area (Å²) in [4.78, 5) is 0. The molecule has 3 rings (SSSR count). The molecular formula is C24H34I3O5-. The summed E-state index contributed by atoms with van der Waals surface area (Å²) >= 11 is 5.30. The van der Waals surface area contributed by atoms with Gasteiger partial charge < -0.3 is 24.4 Å². The summed E-state index contributed by atoms with van der Waals surface area (Å²) in [6.45, 7) is 2.10. The van der Waals surface area contributed by atoms with Crippen molar-refractivity contribution in [2.75, 3.05) is 40.6 Å². The van der Waals surface area contributed by atoms with E-state index in [-0.39, 0.29) is 19.1 Å². The third-order valence-corrected chi connectivity index (χ3v) is 5.35. The van der Waals surface area contributed by atoms with Crippen LogP contribution in [0.3, 0.4) is 0 Å². The minimum absolute atomic E-state index is 0.149. The molecule has 2 aromatic carbocycles. The van der Waals surface area contributed by atoms with Crippen molar-refractivity contribution in [1.82, 2.24) is 0 Å². The van der Waals surface area contributed by atoms with Crippen molar-refractivity contribution in [2.24, 2.45) is 0 Å². The van der Waals surface area contributed by atoms with Gasteiger partial charge in [0.1, 0.15) is 11.5 Å². The average molecular weight is 783 g/mol. The summed E-state index contributed by atoms with van der Waals surface area (Å²) < 4.78 is 15.5.